The smallest absolute Gasteiger partial charge is 0.350 e. The molecule has 0 radical (unpaired) electrons. The molecule has 9 heteroatoms. The van der Waals surface area contributed by atoms with E-state index in [-0.39, 0.29) is 27.9 Å². The number of Topliss-reactive ketones (excluding diaryl/α,β-unsaturated/α-hetero) is 1. The average Bonchev–Trinajstić information content (AvgIpc) is 3.36. The van der Waals surface area contributed by atoms with E-state index >= 15 is 0 Å². The number of hydrogen-bond acceptors (Lipinski definition) is 8. The van der Waals surface area contributed by atoms with Crippen LogP contribution in [-0.2, 0) is 14.3 Å². The first-order chi connectivity index (χ1) is 16.8. The third-order valence-electron chi connectivity index (χ3n) is 5.65. The molecule has 180 valence electrons. The Balaban J connectivity index is 1.89. The van der Waals surface area contributed by atoms with Gasteiger partial charge in [0, 0.05) is 5.56 Å². The summed E-state index contributed by atoms with van der Waals surface area (Å²) in [5.74, 6) is -1.94. The number of aliphatic hydroxyl groups excluding tert-OH is 1. The summed E-state index contributed by atoms with van der Waals surface area (Å²) in [5, 5.41) is 11.4. The second-order valence-corrected chi connectivity index (χ2v) is 8.92. The van der Waals surface area contributed by atoms with Crippen molar-refractivity contribution in [3.05, 3.63) is 81.4 Å². The van der Waals surface area contributed by atoms with E-state index in [1.807, 2.05) is 19.1 Å². The standard InChI is InChI=1S/C26H24N2O6S/c1-5-34-25(32)23-15(3)27-26(35-23)28-20(16-8-6-14(2)7-9-16)19(22(30)24(28)31)21(29)17-10-12-18(33-4)13-11-17/h6-13,20,29H,5H2,1-4H3. The Morgan fingerprint density at radius 2 is 1.74 bits per heavy atom. The number of ether oxygens (including phenoxy) is 2. The number of anilines is 1. The Morgan fingerprint density at radius 1 is 1.09 bits per heavy atom. The van der Waals surface area contributed by atoms with Gasteiger partial charge in [0.25, 0.3) is 5.78 Å². The lowest BCUT2D eigenvalue weighted by atomic mass is 9.95. The van der Waals surface area contributed by atoms with Crippen LogP contribution in [-0.4, -0.2) is 41.5 Å². The lowest BCUT2D eigenvalue weighted by Gasteiger charge is -2.23. The van der Waals surface area contributed by atoms with Crippen LogP contribution in [0.15, 0.2) is 54.1 Å². The molecular weight excluding hydrogens is 468 g/mol. The number of carbonyl (C=O) groups is 3. The van der Waals surface area contributed by atoms with Crippen molar-refractivity contribution in [2.75, 3.05) is 18.6 Å². The van der Waals surface area contributed by atoms with Gasteiger partial charge in [-0.2, -0.15) is 0 Å². The average molecular weight is 493 g/mol. The Hall–Kier alpha value is -3.98. The zero-order valence-electron chi connectivity index (χ0n) is 19.7. The van der Waals surface area contributed by atoms with Crippen LogP contribution < -0.4 is 9.64 Å². The molecule has 1 saturated heterocycles. The second-order valence-electron chi connectivity index (χ2n) is 7.94. The Kier molecular flexibility index (Phi) is 6.70. The topological polar surface area (TPSA) is 106 Å². The normalized spacial score (nSPS) is 17.0. The fourth-order valence-corrected chi connectivity index (χ4v) is 4.86. The number of ketones is 1. The highest BCUT2D eigenvalue weighted by atomic mass is 32.1. The quantitative estimate of drug-likeness (QED) is 0.232. The lowest BCUT2D eigenvalue weighted by molar-refractivity contribution is -0.132. The summed E-state index contributed by atoms with van der Waals surface area (Å²) < 4.78 is 10.3. The van der Waals surface area contributed by atoms with Crippen LogP contribution in [0, 0.1) is 13.8 Å². The number of rotatable bonds is 6. The summed E-state index contributed by atoms with van der Waals surface area (Å²) in [6, 6.07) is 12.9. The minimum absolute atomic E-state index is 0.0606. The predicted octanol–water partition coefficient (Wildman–Crippen LogP) is 4.57. The van der Waals surface area contributed by atoms with Gasteiger partial charge in [-0.15, -0.1) is 0 Å². The molecule has 1 amide bonds. The van der Waals surface area contributed by atoms with E-state index in [0.717, 1.165) is 16.9 Å². The Labute approximate surface area is 206 Å². The fourth-order valence-electron chi connectivity index (χ4n) is 3.87. The molecule has 2 aromatic carbocycles. The van der Waals surface area contributed by atoms with Gasteiger partial charge in [-0.3, -0.25) is 14.5 Å². The van der Waals surface area contributed by atoms with Gasteiger partial charge < -0.3 is 14.6 Å². The third kappa shape index (κ3) is 4.42. The van der Waals surface area contributed by atoms with Crippen molar-refractivity contribution in [1.29, 1.82) is 0 Å². The summed E-state index contributed by atoms with van der Waals surface area (Å²) in [6.07, 6.45) is 0. The SMILES string of the molecule is CCOC(=O)c1sc(N2C(=O)C(=O)C(=C(O)c3ccc(OC)cc3)C2c2ccc(C)cc2)nc1C. The molecule has 35 heavy (non-hydrogen) atoms. The second kappa shape index (κ2) is 9.71. The van der Waals surface area contributed by atoms with Gasteiger partial charge in [-0.25, -0.2) is 9.78 Å². The molecule has 1 atom stereocenters. The maximum atomic E-state index is 13.3. The van der Waals surface area contributed by atoms with E-state index in [2.05, 4.69) is 4.98 Å². The number of amides is 1. The molecule has 1 aliphatic rings. The van der Waals surface area contributed by atoms with Gasteiger partial charge in [0.1, 0.15) is 16.4 Å². The molecule has 4 rings (SSSR count). The van der Waals surface area contributed by atoms with Crippen molar-refractivity contribution < 1.29 is 29.0 Å². The van der Waals surface area contributed by atoms with Gasteiger partial charge in [-0.05, 0) is 50.6 Å². The minimum atomic E-state index is -0.932. The van der Waals surface area contributed by atoms with Crippen LogP contribution in [0.2, 0.25) is 0 Å². The number of esters is 1. The molecule has 1 fully saturated rings. The van der Waals surface area contributed by atoms with E-state index < -0.39 is 23.7 Å². The maximum absolute atomic E-state index is 13.3. The number of hydrogen-bond donors (Lipinski definition) is 1. The molecule has 1 aromatic heterocycles. The Morgan fingerprint density at radius 3 is 2.34 bits per heavy atom. The fraction of sp³-hybridized carbons (Fsp3) is 0.231. The largest absolute Gasteiger partial charge is 0.507 e. The first kappa shape index (κ1) is 24.2. The maximum Gasteiger partial charge on any atom is 0.350 e. The molecular formula is C26H24N2O6S. The van der Waals surface area contributed by atoms with Gasteiger partial charge >= 0.3 is 11.9 Å². The van der Waals surface area contributed by atoms with E-state index in [1.54, 1.807) is 50.2 Å². The van der Waals surface area contributed by atoms with Gasteiger partial charge in [0.15, 0.2) is 5.13 Å². The minimum Gasteiger partial charge on any atom is -0.507 e. The van der Waals surface area contributed by atoms with Crippen LogP contribution in [0.3, 0.4) is 0 Å². The first-order valence-corrected chi connectivity index (χ1v) is 11.7. The zero-order chi connectivity index (χ0) is 25.3. The summed E-state index contributed by atoms with van der Waals surface area (Å²) in [5.41, 5.74) is 2.31. The molecule has 3 aromatic rings. The number of nitrogens with zero attached hydrogens (tertiary/aromatic N) is 2. The van der Waals surface area contributed by atoms with Crippen LogP contribution in [0.1, 0.15) is 45.0 Å². The Bertz CT molecular complexity index is 1320. The van der Waals surface area contributed by atoms with Gasteiger partial charge in [0.2, 0.25) is 0 Å². The molecule has 0 saturated carbocycles. The lowest BCUT2D eigenvalue weighted by Crippen LogP contribution is -2.29. The van der Waals surface area contributed by atoms with E-state index in [0.29, 0.717) is 22.6 Å². The van der Waals surface area contributed by atoms with Crippen molar-refractivity contribution in [3.63, 3.8) is 0 Å². The van der Waals surface area contributed by atoms with Crippen LogP contribution in [0.4, 0.5) is 5.13 Å². The molecule has 0 bridgehead atoms. The summed E-state index contributed by atoms with van der Waals surface area (Å²) in [4.78, 5) is 44.8. The van der Waals surface area contributed by atoms with Crippen LogP contribution in [0.25, 0.3) is 5.76 Å². The number of aliphatic hydroxyl groups is 1. The molecule has 1 unspecified atom stereocenters. The summed E-state index contributed by atoms with van der Waals surface area (Å²) in [6.45, 7) is 5.46. The molecule has 0 spiro atoms. The number of methoxy groups -OCH3 is 1. The molecule has 1 N–H and O–H groups in total. The highest BCUT2D eigenvalue weighted by Gasteiger charge is 2.48. The highest BCUT2D eigenvalue weighted by molar-refractivity contribution is 7.17. The monoisotopic (exact) mass is 492 g/mol. The highest BCUT2D eigenvalue weighted by Crippen LogP contribution is 2.44. The van der Waals surface area contributed by atoms with Crippen molar-refractivity contribution in [2.45, 2.75) is 26.8 Å². The van der Waals surface area contributed by atoms with Crippen molar-refractivity contribution >= 4 is 39.9 Å². The van der Waals surface area contributed by atoms with Crippen LogP contribution in [0.5, 0.6) is 5.75 Å². The molecule has 2 heterocycles. The van der Waals surface area contributed by atoms with Gasteiger partial charge in [0.05, 0.1) is 31.0 Å². The summed E-state index contributed by atoms with van der Waals surface area (Å²) >= 11 is 0.973. The number of thiazole rings is 1. The number of carbonyl (C=O) groups excluding carboxylic acids is 3. The van der Waals surface area contributed by atoms with Crippen molar-refractivity contribution in [1.82, 2.24) is 4.98 Å². The van der Waals surface area contributed by atoms with Crippen LogP contribution >= 0.6 is 11.3 Å². The van der Waals surface area contributed by atoms with E-state index in [9.17, 15) is 19.5 Å². The molecule has 1 aliphatic heterocycles. The molecule has 0 aliphatic carbocycles. The number of benzene rings is 2. The van der Waals surface area contributed by atoms with Gasteiger partial charge in [-0.1, -0.05) is 41.2 Å². The first-order valence-electron chi connectivity index (χ1n) is 10.9. The van der Waals surface area contributed by atoms with Crippen molar-refractivity contribution in [3.8, 4) is 5.75 Å². The van der Waals surface area contributed by atoms with E-state index in [4.69, 9.17) is 9.47 Å². The number of aromatic nitrogens is 1. The van der Waals surface area contributed by atoms with Crippen molar-refractivity contribution in [2.24, 2.45) is 0 Å². The zero-order valence-corrected chi connectivity index (χ0v) is 20.5. The number of aryl methyl sites for hydroxylation is 2. The molecule has 8 nitrogen and oxygen atoms in total. The summed E-state index contributed by atoms with van der Waals surface area (Å²) in [7, 11) is 1.53. The predicted molar refractivity (Wildman–Crippen MR) is 132 cm³/mol. The van der Waals surface area contributed by atoms with E-state index in [1.165, 1.54) is 12.0 Å². The third-order valence-corrected chi connectivity index (χ3v) is 6.79.